The molecule has 0 aliphatic rings. The molecule has 1 aromatic heterocycles. The van der Waals surface area contributed by atoms with Gasteiger partial charge in [0.05, 0.1) is 17.5 Å². The fourth-order valence-corrected chi connectivity index (χ4v) is 2.58. The molecule has 4 nitrogen and oxygen atoms in total. The summed E-state index contributed by atoms with van der Waals surface area (Å²) in [6, 6.07) is 12.2. The van der Waals surface area contributed by atoms with Crippen LogP contribution >= 0.6 is 0 Å². The van der Waals surface area contributed by atoms with Crippen molar-refractivity contribution in [2.24, 2.45) is 0 Å². The van der Waals surface area contributed by atoms with E-state index in [-0.39, 0.29) is 18.1 Å². The zero-order valence-corrected chi connectivity index (χ0v) is 12.9. The molecule has 0 atom stereocenters. The van der Waals surface area contributed by atoms with Crippen LogP contribution in [0.1, 0.15) is 17.0 Å². The van der Waals surface area contributed by atoms with Crippen LogP contribution in [0, 0.1) is 12.7 Å². The quantitative estimate of drug-likeness (QED) is 0.761. The monoisotopic (exact) mass is 311 g/mol. The van der Waals surface area contributed by atoms with Crippen LogP contribution in [0.25, 0.3) is 11.0 Å². The Labute approximate surface area is 133 Å². The van der Waals surface area contributed by atoms with E-state index in [0.29, 0.717) is 12.1 Å². The molecular weight excluding hydrogens is 293 g/mol. The maximum absolute atomic E-state index is 13.1. The molecule has 1 heterocycles. The van der Waals surface area contributed by atoms with E-state index < -0.39 is 0 Å². The molecule has 1 amide bonds. The highest BCUT2D eigenvalue weighted by Gasteiger charge is 2.05. The van der Waals surface area contributed by atoms with Crippen molar-refractivity contribution < 1.29 is 9.18 Å². The SMILES string of the molecule is Cc1nc2ccc(CCNC(=O)Cc3cccc(F)c3)cc2[nH]1. The van der Waals surface area contributed by atoms with E-state index in [1.165, 1.54) is 12.1 Å². The van der Waals surface area contributed by atoms with Crippen molar-refractivity contribution in [3.8, 4) is 0 Å². The molecule has 0 fully saturated rings. The number of H-pyrrole nitrogens is 1. The van der Waals surface area contributed by atoms with Crippen molar-refractivity contribution in [3.05, 3.63) is 65.2 Å². The van der Waals surface area contributed by atoms with Gasteiger partial charge in [-0.05, 0) is 48.7 Å². The number of rotatable bonds is 5. The topological polar surface area (TPSA) is 57.8 Å². The number of fused-ring (bicyclic) bond motifs is 1. The number of hydrogen-bond acceptors (Lipinski definition) is 2. The van der Waals surface area contributed by atoms with E-state index >= 15 is 0 Å². The first-order valence-electron chi connectivity index (χ1n) is 7.56. The Balaban J connectivity index is 1.52. The number of carbonyl (C=O) groups is 1. The van der Waals surface area contributed by atoms with Crippen LogP contribution in [0.15, 0.2) is 42.5 Å². The van der Waals surface area contributed by atoms with Crippen molar-refractivity contribution in [1.29, 1.82) is 0 Å². The molecule has 0 bridgehead atoms. The zero-order chi connectivity index (χ0) is 16.2. The Morgan fingerprint density at radius 3 is 2.91 bits per heavy atom. The second-order valence-electron chi connectivity index (χ2n) is 5.58. The van der Waals surface area contributed by atoms with Crippen LogP contribution in [0.3, 0.4) is 0 Å². The summed E-state index contributed by atoms with van der Waals surface area (Å²) in [5.41, 5.74) is 3.76. The summed E-state index contributed by atoms with van der Waals surface area (Å²) in [7, 11) is 0. The number of aromatic amines is 1. The van der Waals surface area contributed by atoms with Crippen molar-refractivity contribution in [1.82, 2.24) is 15.3 Å². The minimum absolute atomic E-state index is 0.103. The lowest BCUT2D eigenvalue weighted by Gasteiger charge is -2.06. The highest BCUT2D eigenvalue weighted by Crippen LogP contribution is 2.13. The Kier molecular flexibility index (Phi) is 4.37. The lowest BCUT2D eigenvalue weighted by atomic mass is 10.1. The summed E-state index contributed by atoms with van der Waals surface area (Å²) in [6.07, 6.45) is 0.930. The van der Waals surface area contributed by atoms with Crippen molar-refractivity contribution in [2.45, 2.75) is 19.8 Å². The van der Waals surface area contributed by atoms with E-state index in [0.717, 1.165) is 28.8 Å². The number of nitrogens with zero attached hydrogens (tertiary/aromatic N) is 1. The van der Waals surface area contributed by atoms with Gasteiger partial charge < -0.3 is 10.3 Å². The molecule has 23 heavy (non-hydrogen) atoms. The smallest absolute Gasteiger partial charge is 0.224 e. The molecule has 0 aliphatic heterocycles. The third-order valence-electron chi connectivity index (χ3n) is 3.65. The third kappa shape index (κ3) is 3.94. The standard InChI is InChI=1S/C18H18FN3O/c1-12-21-16-6-5-13(10-17(16)22-12)7-8-20-18(23)11-14-3-2-4-15(19)9-14/h2-6,9-10H,7-8,11H2,1H3,(H,20,23)(H,21,22). The number of hydrogen-bond donors (Lipinski definition) is 2. The molecule has 0 unspecified atom stereocenters. The molecule has 0 saturated carbocycles. The van der Waals surface area contributed by atoms with Gasteiger partial charge in [-0.1, -0.05) is 18.2 Å². The lowest BCUT2D eigenvalue weighted by Crippen LogP contribution is -2.27. The summed E-state index contributed by atoms with van der Waals surface area (Å²) < 4.78 is 13.1. The second kappa shape index (κ2) is 6.60. The maximum atomic E-state index is 13.1. The van der Waals surface area contributed by atoms with E-state index in [2.05, 4.69) is 15.3 Å². The van der Waals surface area contributed by atoms with Gasteiger partial charge in [0.25, 0.3) is 0 Å². The summed E-state index contributed by atoms with van der Waals surface area (Å²) in [4.78, 5) is 19.4. The summed E-state index contributed by atoms with van der Waals surface area (Å²) in [6.45, 7) is 2.47. The molecule has 0 radical (unpaired) electrons. The van der Waals surface area contributed by atoms with Gasteiger partial charge in [-0.2, -0.15) is 0 Å². The predicted octanol–water partition coefficient (Wildman–Crippen LogP) is 2.91. The van der Waals surface area contributed by atoms with E-state index in [1.54, 1.807) is 12.1 Å². The van der Waals surface area contributed by atoms with E-state index in [1.807, 2.05) is 25.1 Å². The number of benzene rings is 2. The molecule has 118 valence electrons. The van der Waals surface area contributed by atoms with Gasteiger partial charge in [0.15, 0.2) is 0 Å². The second-order valence-corrected chi connectivity index (χ2v) is 5.58. The number of halogens is 1. The minimum Gasteiger partial charge on any atom is -0.355 e. The highest BCUT2D eigenvalue weighted by molar-refractivity contribution is 5.78. The fraction of sp³-hybridized carbons (Fsp3) is 0.222. The van der Waals surface area contributed by atoms with Crippen LogP contribution in [-0.2, 0) is 17.6 Å². The summed E-state index contributed by atoms with van der Waals surface area (Å²) >= 11 is 0. The average Bonchev–Trinajstić information content (AvgIpc) is 2.86. The minimum atomic E-state index is -0.321. The number of carbonyl (C=O) groups excluding carboxylic acids is 1. The zero-order valence-electron chi connectivity index (χ0n) is 12.9. The number of imidazole rings is 1. The van der Waals surface area contributed by atoms with Gasteiger partial charge in [-0.3, -0.25) is 4.79 Å². The molecule has 3 rings (SSSR count). The molecule has 0 saturated heterocycles. The van der Waals surface area contributed by atoms with Gasteiger partial charge >= 0.3 is 0 Å². The third-order valence-corrected chi connectivity index (χ3v) is 3.65. The Bertz CT molecular complexity index is 841. The summed E-state index contributed by atoms with van der Waals surface area (Å²) in [5, 5.41) is 2.87. The Hall–Kier alpha value is -2.69. The van der Waals surface area contributed by atoms with Gasteiger partial charge in [0, 0.05) is 6.54 Å². The molecular formula is C18H18FN3O. The van der Waals surface area contributed by atoms with Crippen LogP contribution in [0.5, 0.6) is 0 Å². The first-order valence-corrected chi connectivity index (χ1v) is 7.56. The molecule has 0 aliphatic carbocycles. The predicted molar refractivity (Wildman–Crippen MR) is 87.6 cm³/mol. The molecule has 0 spiro atoms. The van der Waals surface area contributed by atoms with Crippen LogP contribution < -0.4 is 5.32 Å². The lowest BCUT2D eigenvalue weighted by molar-refractivity contribution is -0.120. The normalized spacial score (nSPS) is 10.9. The number of amides is 1. The first kappa shape index (κ1) is 15.2. The van der Waals surface area contributed by atoms with Crippen molar-refractivity contribution in [3.63, 3.8) is 0 Å². The van der Waals surface area contributed by atoms with E-state index in [4.69, 9.17) is 0 Å². The summed E-state index contributed by atoms with van der Waals surface area (Å²) in [5.74, 6) is 0.466. The molecule has 2 N–H and O–H groups in total. The van der Waals surface area contributed by atoms with Crippen LogP contribution in [-0.4, -0.2) is 22.4 Å². The number of aromatic nitrogens is 2. The number of aryl methyl sites for hydroxylation is 1. The first-order chi connectivity index (χ1) is 11.1. The highest BCUT2D eigenvalue weighted by atomic mass is 19.1. The fourth-order valence-electron chi connectivity index (χ4n) is 2.58. The van der Waals surface area contributed by atoms with Crippen LogP contribution in [0.4, 0.5) is 4.39 Å². The van der Waals surface area contributed by atoms with Crippen LogP contribution in [0.2, 0.25) is 0 Å². The largest absolute Gasteiger partial charge is 0.355 e. The average molecular weight is 311 g/mol. The Morgan fingerprint density at radius 2 is 2.09 bits per heavy atom. The van der Waals surface area contributed by atoms with Gasteiger partial charge in [0.1, 0.15) is 11.6 Å². The van der Waals surface area contributed by atoms with Gasteiger partial charge in [-0.25, -0.2) is 9.37 Å². The number of nitrogens with one attached hydrogen (secondary N) is 2. The van der Waals surface area contributed by atoms with Gasteiger partial charge in [0.2, 0.25) is 5.91 Å². The van der Waals surface area contributed by atoms with Crippen molar-refractivity contribution in [2.75, 3.05) is 6.54 Å². The molecule has 2 aromatic carbocycles. The van der Waals surface area contributed by atoms with Gasteiger partial charge in [-0.15, -0.1) is 0 Å². The van der Waals surface area contributed by atoms with Crippen molar-refractivity contribution >= 4 is 16.9 Å². The maximum Gasteiger partial charge on any atom is 0.224 e. The molecule has 5 heteroatoms. The van der Waals surface area contributed by atoms with E-state index in [9.17, 15) is 9.18 Å². The molecule has 3 aromatic rings. The Morgan fingerprint density at radius 1 is 1.22 bits per heavy atom.